The highest BCUT2D eigenvalue weighted by atomic mass is 32.2. The van der Waals surface area contributed by atoms with Crippen LogP contribution in [0.5, 0.6) is 11.5 Å². The monoisotopic (exact) mass is 457 g/mol. The highest BCUT2D eigenvalue weighted by Gasteiger charge is 2.45. The molecule has 30 heavy (non-hydrogen) atoms. The van der Waals surface area contributed by atoms with Crippen molar-refractivity contribution in [1.82, 2.24) is 5.32 Å². The second-order valence-corrected chi connectivity index (χ2v) is 11.4. The summed E-state index contributed by atoms with van der Waals surface area (Å²) >= 11 is 0. The maximum Gasteiger partial charge on any atom is 0.183 e. The minimum Gasteiger partial charge on any atom is -0.493 e. The Hall–Kier alpha value is -2.17. The molecule has 2 aromatic rings. The van der Waals surface area contributed by atoms with Crippen molar-refractivity contribution in [2.75, 3.05) is 32.3 Å². The quantitative estimate of drug-likeness (QED) is 0.602. The van der Waals surface area contributed by atoms with Crippen LogP contribution in [-0.2, 0) is 26.1 Å². The summed E-state index contributed by atoms with van der Waals surface area (Å²) in [5, 5.41) is 1.96. The van der Waals surface area contributed by atoms with E-state index in [0.717, 1.165) is 29.8 Å². The van der Waals surface area contributed by atoms with E-state index in [0.29, 0.717) is 24.5 Å². The number of benzene rings is 2. The summed E-state index contributed by atoms with van der Waals surface area (Å²) in [5.74, 6) is -0.0977. The fourth-order valence-electron chi connectivity index (χ4n) is 3.55. The van der Waals surface area contributed by atoms with E-state index in [-0.39, 0.29) is 10.6 Å². The smallest absolute Gasteiger partial charge is 0.183 e. The second kappa shape index (κ2) is 8.91. The molecule has 1 aliphatic heterocycles. The average molecular weight is 458 g/mol. The summed E-state index contributed by atoms with van der Waals surface area (Å²) in [6.07, 6.45) is 0.542. The molecule has 0 radical (unpaired) electrons. The van der Waals surface area contributed by atoms with Crippen LogP contribution in [0.15, 0.2) is 47.4 Å². The lowest BCUT2D eigenvalue weighted by molar-refractivity contribution is 0.354. The lowest BCUT2D eigenvalue weighted by Crippen LogP contribution is -2.44. The minimum absolute atomic E-state index is 0.0855. The van der Waals surface area contributed by atoms with Crippen LogP contribution in [0.2, 0.25) is 0 Å². The van der Waals surface area contributed by atoms with Gasteiger partial charge in [-0.25, -0.2) is 21.2 Å². The maximum atomic E-state index is 13.2. The average Bonchev–Trinajstić information content (AvgIpc) is 3.03. The Morgan fingerprint density at radius 2 is 1.70 bits per heavy atom. The first kappa shape index (κ1) is 22.5. The van der Waals surface area contributed by atoms with Gasteiger partial charge in [0.25, 0.3) is 0 Å². The van der Waals surface area contributed by atoms with Crippen LogP contribution in [0.25, 0.3) is 0 Å². The van der Waals surface area contributed by atoms with Crippen LogP contribution in [0, 0.1) is 5.82 Å². The molecular weight excluding hydrogens is 433 g/mol. The third-order valence-corrected chi connectivity index (χ3v) is 9.28. The van der Waals surface area contributed by atoms with Crippen LogP contribution in [0.3, 0.4) is 0 Å². The van der Waals surface area contributed by atoms with Gasteiger partial charge < -0.3 is 14.8 Å². The van der Waals surface area contributed by atoms with Gasteiger partial charge in [0.15, 0.2) is 31.2 Å². The van der Waals surface area contributed by atoms with Crippen molar-refractivity contribution < 1.29 is 30.7 Å². The van der Waals surface area contributed by atoms with E-state index in [1.807, 2.05) is 12.1 Å². The van der Waals surface area contributed by atoms with Crippen molar-refractivity contribution >= 4 is 19.7 Å². The van der Waals surface area contributed by atoms with Gasteiger partial charge in [-0.05, 0) is 54.9 Å². The van der Waals surface area contributed by atoms with Gasteiger partial charge in [0, 0.05) is 6.04 Å². The number of ether oxygens (including phenoxy) is 2. The van der Waals surface area contributed by atoms with Gasteiger partial charge in [-0.1, -0.05) is 6.07 Å². The number of hydrogen-bond acceptors (Lipinski definition) is 7. The Morgan fingerprint density at radius 1 is 1.03 bits per heavy atom. The standard InChI is InChI=1S/C20H24FNO6S2/c1-27-18-8-3-14(11-19(18)28-2)9-10-22-17-12-29(23,24)13-20(17)30(25,26)16-6-4-15(21)5-7-16/h3-8,11,17,20,22H,9-10,12-13H2,1-2H3/t17-,20-/m1/s1. The first-order chi connectivity index (χ1) is 14.2. The first-order valence-electron chi connectivity index (χ1n) is 9.30. The first-order valence-corrected chi connectivity index (χ1v) is 12.7. The second-order valence-electron chi connectivity index (χ2n) is 7.11. The molecule has 10 heteroatoms. The van der Waals surface area contributed by atoms with Gasteiger partial charge in [0.1, 0.15) is 5.82 Å². The van der Waals surface area contributed by atoms with Crippen molar-refractivity contribution in [3.63, 3.8) is 0 Å². The van der Waals surface area contributed by atoms with Gasteiger partial charge >= 0.3 is 0 Å². The molecule has 7 nitrogen and oxygen atoms in total. The van der Waals surface area contributed by atoms with E-state index in [2.05, 4.69) is 5.32 Å². The van der Waals surface area contributed by atoms with E-state index in [4.69, 9.17) is 9.47 Å². The summed E-state index contributed by atoms with van der Waals surface area (Å²) < 4.78 is 73.9. The molecule has 164 valence electrons. The van der Waals surface area contributed by atoms with Gasteiger partial charge in [-0.2, -0.15) is 0 Å². The Bertz CT molecular complexity index is 1100. The summed E-state index contributed by atoms with van der Waals surface area (Å²) in [4.78, 5) is -0.0855. The van der Waals surface area contributed by atoms with Crippen LogP contribution in [-0.4, -0.2) is 60.4 Å². The number of nitrogens with one attached hydrogen (secondary N) is 1. The normalized spacial score (nSPS) is 20.8. The van der Waals surface area contributed by atoms with E-state index < -0.39 is 42.5 Å². The van der Waals surface area contributed by atoms with Gasteiger partial charge in [0.2, 0.25) is 0 Å². The molecule has 1 N–H and O–H groups in total. The Labute approximate surface area is 176 Å². The van der Waals surface area contributed by atoms with E-state index in [1.54, 1.807) is 13.2 Å². The third-order valence-electron chi connectivity index (χ3n) is 5.11. The van der Waals surface area contributed by atoms with Crippen LogP contribution in [0.4, 0.5) is 4.39 Å². The van der Waals surface area contributed by atoms with Crippen LogP contribution >= 0.6 is 0 Å². The van der Waals surface area contributed by atoms with Crippen LogP contribution < -0.4 is 14.8 Å². The molecule has 2 aromatic carbocycles. The Morgan fingerprint density at radius 3 is 2.33 bits per heavy atom. The molecule has 0 aliphatic carbocycles. The minimum atomic E-state index is -3.94. The molecule has 1 heterocycles. The summed E-state index contributed by atoms with van der Waals surface area (Å²) in [7, 11) is -4.37. The fourth-order valence-corrected chi connectivity index (χ4v) is 8.27. The number of rotatable bonds is 8. The number of hydrogen-bond donors (Lipinski definition) is 1. The van der Waals surface area contributed by atoms with Gasteiger partial charge in [-0.15, -0.1) is 0 Å². The number of methoxy groups -OCH3 is 2. The molecule has 0 spiro atoms. The molecule has 3 rings (SSSR count). The predicted molar refractivity (Wildman–Crippen MR) is 111 cm³/mol. The van der Waals surface area contributed by atoms with Crippen molar-refractivity contribution in [3.05, 3.63) is 53.8 Å². The number of sulfone groups is 2. The zero-order chi connectivity index (χ0) is 21.9. The molecule has 1 saturated heterocycles. The van der Waals surface area contributed by atoms with Crippen molar-refractivity contribution in [2.45, 2.75) is 22.6 Å². The zero-order valence-electron chi connectivity index (χ0n) is 16.7. The van der Waals surface area contributed by atoms with Crippen molar-refractivity contribution in [2.24, 2.45) is 0 Å². The Kier molecular flexibility index (Phi) is 6.68. The Balaban J connectivity index is 1.73. The van der Waals surface area contributed by atoms with Crippen LogP contribution in [0.1, 0.15) is 5.56 Å². The molecule has 0 amide bonds. The summed E-state index contributed by atoms with van der Waals surface area (Å²) in [6, 6.07) is 9.14. The molecule has 0 aromatic heterocycles. The zero-order valence-corrected chi connectivity index (χ0v) is 18.3. The SMILES string of the molecule is COc1ccc(CCN[C@@H]2CS(=O)(=O)C[C@H]2S(=O)(=O)c2ccc(F)cc2)cc1OC. The highest BCUT2D eigenvalue weighted by molar-refractivity contribution is 7.96. The molecular formula is C20H24FNO6S2. The van der Waals surface area contributed by atoms with Gasteiger partial charge in [-0.3, -0.25) is 0 Å². The summed E-state index contributed by atoms with van der Waals surface area (Å²) in [6.45, 7) is 0.380. The summed E-state index contributed by atoms with van der Waals surface area (Å²) in [5.41, 5.74) is 0.930. The van der Waals surface area contributed by atoms with Crippen molar-refractivity contribution in [3.8, 4) is 11.5 Å². The maximum absolute atomic E-state index is 13.2. The van der Waals surface area contributed by atoms with E-state index in [1.165, 1.54) is 7.11 Å². The molecule has 0 unspecified atom stereocenters. The molecule has 1 fully saturated rings. The lowest BCUT2D eigenvalue weighted by atomic mass is 10.1. The van der Waals surface area contributed by atoms with E-state index >= 15 is 0 Å². The highest BCUT2D eigenvalue weighted by Crippen LogP contribution is 2.28. The van der Waals surface area contributed by atoms with Gasteiger partial charge in [0.05, 0.1) is 35.9 Å². The largest absolute Gasteiger partial charge is 0.493 e. The molecule has 0 bridgehead atoms. The molecule has 2 atom stereocenters. The topological polar surface area (TPSA) is 98.8 Å². The predicted octanol–water partition coefficient (Wildman–Crippen LogP) is 1.61. The fraction of sp³-hybridized carbons (Fsp3) is 0.400. The third kappa shape index (κ3) is 4.93. The van der Waals surface area contributed by atoms with E-state index in [9.17, 15) is 21.2 Å². The van der Waals surface area contributed by atoms with Crippen molar-refractivity contribution in [1.29, 1.82) is 0 Å². The molecule has 0 saturated carbocycles. The lowest BCUT2D eigenvalue weighted by Gasteiger charge is -2.20. The molecule has 1 aliphatic rings. The number of halogens is 1.